The van der Waals surface area contributed by atoms with Crippen molar-refractivity contribution in [3.05, 3.63) is 18.0 Å². The predicted octanol–water partition coefficient (Wildman–Crippen LogP) is 2.53. The van der Waals surface area contributed by atoms with Crippen LogP contribution in [-0.2, 0) is 6.42 Å². The van der Waals surface area contributed by atoms with E-state index in [0.29, 0.717) is 12.1 Å². The number of fused-ring (bicyclic) bond motifs is 1. The topological polar surface area (TPSA) is 41.3 Å². The molecule has 0 spiro atoms. The Bertz CT molecular complexity index is 494. The fourth-order valence-corrected chi connectivity index (χ4v) is 4.65. The van der Waals surface area contributed by atoms with Gasteiger partial charge < -0.3 is 10.0 Å². The number of aliphatic hydroxyl groups is 1. The van der Waals surface area contributed by atoms with Crippen molar-refractivity contribution in [2.24, 2.45) is 0 Å². The minimum absolute atomic E-state index is 0.527. The fraction of sp³-hybridized carbons (Fsp3) is 0.824. The van der Waals surface area contributed by atoms with E-state index in [-0.39, 0.29) is 0 Å². The number of rotatable bonds is 3. The van der Waals surface area contributed by atoms with Crippen LogP contribution in [-0.4, -0.2) is 44.5 Å². The Balaban J connectivity index is 1.42. The van der Waals surface area contributed by atoms with E-state index in [0.717, 1.165) is 31.5 Å². The highest BCUT2D eigenvalue weighted by Crippen LogP contribution is 2.35. The second kappa shape index (κ2) is 5.40. The lowest BCUT2D eigenvalue weighted by Crippen LogP contribution is -2.48. The van der Waals surface area contributed by atoms with Crippen LogP contribution in [0.3, 0.4) is 0 Å². The van der Waals surface area contributed by atoms with Crippen molar-refractivity contribution < 1.29 is 5.11 Å². The van der Waals surface area contributed by atoms with Gasteiger partial charge in [0.05, 0.1) is 17.3 Å². The first-order valence-electron chi connectivity index (χ1n) is 8.72. The van der Waals surface area contributed by atoms with Gasteiger partial charge in [-0.3, -0.25) is 4.68 Å². The maximum Gasteiger partial charge on any atom is 0.0730 e. The molecule has 2 saturated heterocycles. The predicted molar refractivity (Wildman–Crippen MR) is 82.2 cm³/mol. The van der Waals surface area contributed by atoms with Crippen LogP contribution in [0.2, 0.25) is 0 Å². The maximum absolute atomic E-state index is 11.0. The number of hydrogen-bond acceptors (Lipinski definition) is 3. The van der Waals surface area contributed by atoms with Gasteiger partial charge in [-0.05, 0) is 51.1 Å². The largest absolute Gasteiger partial charge is 0.389 e. The first-order chi connectivity index (χ1) is 10.2. The highest BCUT2D eigenvalue weighted by atomic mass is 16.3. The lowest BCUT2D eigenvalue weighted by atomic mass is 9.83. The van der Waals surface area contributed by atoms with Crippen molar-refractivity contribution in [1.29, 1.82) is 0 Å². The van der Waals surface area contributed by atoms with E-state index in [2.05, 4.69) is 21.8 Å². The maximum atomic E-state index is 11.0. The third-order valence-electron chi connectivity index (χ3n) is 5.85. The number of hydrogen-bond donors (Lipinski definition) is 1. The molecule has 3 aliphatic rings. The monoisotopic (exact) mass is 289 g/mol. The molecule has 1 saturated carbocycles. The van der Waals surface area contributed by atoms with Gasteiger partial charge in [-0.1, -0.05) is 12.8 Å². The van der Waals surface area contributed by atoms with Gasteiger partial charge in [-0.25, -0.2) is 0 Å². The van der Waals surface area contributed by atoms with Crippen molar-refractivity contribution in [2.75, 3.05) is 13.1 Å². The van der Waals surface area contributed by atoms with E-state index in [1.54, 1.807) is 0 Å². The van der Waals surface area contributed by atoms with Gasteiger partial charge in [0.1, 0.15) is 0 Å². The van der Waals surface area contributed by atoms with Crippen LogP contribution in [0.25, 0.3) is 0 Å². The fourth-order valence-electron chi connectivity index (χ4n) is 4.65. The Hall–Kier alpha value is -0.870. The SMILES string of the molecule is OC1(Cc2ccn(C3CCCC3)n2)CCN2CCCC2C1. The minimum atomic E-state index is -0.527. The molecule has 0 amide bonds. The van der Waals surface area contributed by atoms with Crippen LogP contribution in [0.15, 0.2) is 12.3 Å². The van der Waals surface area contributed by atoms with Crippen LogP contribution < -0.4 is 0 Å². The van der Waals surface area contributed by atoms with E-state index in [4.69, 9.17) is 5.10 Å². The molecule has 1 aliphatic carbocycles. The quantitative estimate of drug-likeness (QED) is 0.929. The van der Waals surface area contributed by atoms with E-state index >= 15 is 0 Å². The molecule has 3 heterocycles. The highest BCUT2D eigenvalue weighted by molar-refractivity contribution is 5.07. The molecule has 1 aromatic rings. The summed E-state index contributed by atoms with van der Waals surface area (Å²) in [6, 6.07) is 3.34. The molecule has 21 heavy (non-hydrogen) atoms. The van der Waals surface area contributed by atoms with Crippen LogP contribution in [0.4, 0.5) is 0 Å². The Morgan fingerprint density at radius 3 is 2.81 bits per heavy atom. The van der Waals surface area contributed by atoms with E-state index in [1.807, 2.05) is 0 Å². The van der Waals surface area contributed by atoms with E-state index in [1.165, 1.54) is 45.1 Å². The molecule has 116 valence electrons. The Kier molecular flexibility index (Phi) is 3.54. The van der Waals surface area contributed by atoms with E-state index in [9.17, 15) is 5.11 Å². The standard InChI is InChI=1S/C17H27N3O/c21-17(8-11-19-9-3-6-16(19)13-17)12-14-7-10-20(18-14)15-4-1-2-5-15/h7,10,15-16,21H,1-6,8-9,11-13H2. The molecule has 2 atom stereocenters. The molecule has 1 N–H and O–H groups in total. The van der Waals surface area contributed by atoms with E-state index < -0.39 is 5.60 Å². The molecule has 4 rings (SSSR count). The van der Waals surface area contributed by atoms with Crippen LogP contribution in [0, 0.1) is 0 Å². The first kappa shape index (κ1) is 13.8. The van der Waals surface area contributed by atoms with Gasteiger partial charge in [-0.15, -0.1) is 0 Å². The van der Waals surface area contributed by atoms with Crippen molar-refractivity contribution >= 4 is 0 Å². The lowest BCUT2D eigenvalue weighted by Gasteiger charge is -2.40. The molecule has 1 aromatic heterocycles. The summed E-state index contributed by atoms with van der Waals surface area (Å²) in [6.07, 6.45) is 12.5. The second-order valence-corrected chi connectivity index (χ2v) is 7.41. The molecule has 0 aromatic carbocycles. The minimum Gasteiger partial charge on any atom is -0.389 e. The first-order valence-corrected chi connectivity index (χ1v) is 8.72. The molecule has 2 unspecified atom stereocenters. The zero-order valence-corrected chi connectivity index (χ0v) is 12.9. The van der Waals surface area contributed by atoms with Crippen molar-refractivity contribution in [3.8, 4) is 0 Å². The number of piperidine rings is 1. The average molecular weight is 289 g/mol. The molecule has 2 aliphatic heterocycles. The van der Waals surface area contributed by atoms with Crippen LogP contribution >= 0.6 is 0 Å². The number of nitrogens with zero attached hydrogens (tertiary/aromatic N) is 3. The second-order valence-electron chi connectivity index (χ2n) is 7.41. The third kappa shape index (κ3) is 2.76. The highest BCUT2D eigenvalue weighted by Gasteiger charge is 2.40. The molecule has 0 bridgehead atoms. The van der Waals surface area contributed by atoms with Crippen molar-refractivity contribution in [1.82, 2.24) is 14.7 Å². The summed E-state index contributed by atoms with van der Waals surface area (Å²) in [5.41, 5.74) is 0.552. The van der Waals surface area contributed by atoms with Crippen molar-refractivity contribution in [2.45, 2.75) is 75.5 Å². The molecule has 0 radical (unpaired) electrons. The van der Waals surface area contributed by atoms with Crippen molar-refractivity contribution in [3.63, 3.8) is 0 Å². The van der Waals surface area contributed by atoms with Gasteiger partial charge in [0.2, 0.25) is 0 Å². The third-order valence-corrected chi connectivity index (χ3v) is 5.85. The van der Waals surface area contributed by atoms with Crippen LogP contribution in [0.5, 0.6) is 0 Å². The van der Waals surface area contributed by atoms with Gasteiger partial charge >= 0.3 is 0 Å². The lowest BCUT2D eigenvalue weighted by molar-refractivity contribution is -0.0361. The Labute approximate surface area is 127 Å². The summed E-state index contributed by atoms with van der Waals surface area (Å²) < 4.78 is 2.15. The van der Waals surface area contributed by atoms with Crippen LogP contribution in [0.1, 0.15) is 63.1 Å². The summed E-state index contributed by atoms with van der Waals surface area (Å²) in [4.78, 5) is 2.56. The summed E-state index contributed by atoms with van der Waals surface area (Å²) >= 11 is 0. The molecule has 3 fully saturated rings. The van der Waals surface area contributed by atoms with Gasteiger partial charge in [0.15, 0.2) is 0 Å². The summed E-state index contributed by atoms with van der Waals surface area (Å²) in [6.45, 7) is 2.29. The van der Waals surface area contributed by atoms with Gasteiger partial charge in [0.25, 0.3) is 0 Å². The normalized spacial score (nSPS) is 34.4. The Morgan fingerprint density at radius 1 is 1.14 bits per heavy atom. The molecule has 4 heteroatoms. The smallest absolute Gasteiger partial charge is 0.0730 e. The molecular weight excluding hydrogens is 262 g/mol. The zero-order valence-electron chi connectivity index (χ0n) is 12.9. The van der Waals surface area contributed by atoms with Gasteiger partial charge in [0, 0.05) is 25.2 Å². The summed E-state index contributed by atoms with van der Waals surface area (Å²) in [7, 11) is 0. The summed E-state index contributed by atoms with van der Waals surface area (Å²) in [5.74, 6) is 0. The summed E-state index contributed by atoms with van der Waals surface area (Å²) in [5, 5.41) is 15.7. The number of aromatic nitrogens is 2. The Morgan fingerprint density at radius 2 is 1.95 bits per heavy atom. The molecular formula is C17H27N3O. The van der Waals surface area contributed by atoms with Gasteiger partial charge in [-0.2, -0.15) is 5.10 Å². The zero-order chi connectivity index (χ0) is 14.3. The molecule has 4 nitrogen and oxygen atoms in total. The average Bonchev–Trinajstić information content (AvgIpc) is 3.18.